The number of imide groups is 1. The molecule has 2 amide bonds. The molecule has 0 aromatic heterocycles. The summed E-state index contributed by atoms with van der Waals surface area (Å²) in [4.78, 5) is 43.0. The molecule has 5 atom stereocenters. The number of carbonyl (C=O) groups excluding carboxylic acids is 3. The molecule has 3 aromatic rings. The average molecular weight is 632 g/mol. The van der Waals surface area contributed by atoms with E-state index in [1.807, 2.05) is 44.2 Å². The van der Waals surface area contributed by atoms with Gasteiger partial charge in [0.1, 0.15) is 18.1 Å². The fourth-order valence-corrected chi connectivity index (χ4v) is 8.11. The number of rotatable bonds is 8. The topological polar surface area (TPSA) is 82.1 Å². The number of fused-ring (bicyclic) bond motifs is 1. The van der Waals surface area contributed by atoms with Gasteiger partial charge in [0, 0.05) is 10.8 Å². The lowest BCUT2D eigenvalue weighted by molar-refractivity contribution is -0.149. The fraction of sp³-hybridized carbons (Fsp3) is 0.400. The number of ether oxygens (including phenoxy) is 2. The highest BCUT2D eigenvalue weighted by Crippen LogP contribution is 2.45. The second-order valence-corrected chi connectivity index (χ2v) is 19.1. The van der Waals surface area contributed by atoms with Crippen molar-refractivity contribution in [2.75, 3.05) is 6.61 Å². The summed E-state index contributed by atoms with van der Waals surface area (Å²) in [6, 6.07) is 23.2. The van der Waals surface area contributed by atoms with Crippen molar-refractivity contribution in [1.82, 2.24) is 4.90 Å². The first-order valence-corrected chi connectivity index (χ1v) is 18.8. The zero-order chi connectivity index (χ0) is 31.8. The van der Waals surface area contributed by atoms with Crippen LogP contribution in [0.5, 0.6) is 0 Å². The van der Waals surface area contributed by atoms with Gasteiger partial charge in [-0.3, -0.25) is 14.5 Å². The summed E-state index contributed by atoms with van der Waals surface area (Å²) in [5.41, 5.74) is 1.73. The molecule has 0 radical (unpaired) electrons. The minimum Gasteiger partial charge on any atom is -0.459 e. The molecule has 1 fully saturated rings. The van der Waals surface area contributed by atoms with Crippen molar-refractivity contribution in [3.63, 3.8) is 0 Å². The standard InChI is InChI=1S/C35H41NO6SSi/c1-22-17-19-25(20-18-22)43-34-29(36-31(37)26-15-11-12-16-27(26)32(36)38)23(2)30(42-44(6,7)35(3,4)5)28(41-34)21-40-33(39)24-13-9-8-10-14-24/h8-20,23,28-30,34H,21H2,1-7H3/t23-,28?,29+,30?,34?/m1/s1. The Morgan fingerprint density at radius 2 is 1.48 bits per heavy atom. The lowest BCUT2D eigenvalue weighted by atomic mass is 9.88. The van der Waals surface area contributed by atoms with Crippen molar-refractivity contribution >= 4 is 37.9 Å². The van der Waals surface area contributed by atoms with Gasteiger partial charge in [-0.15, -0.1) is 0 Å². The molecule has 2 heterocycles. The molecule has 0 spiro atoms. The minimum atomic E-state index is -2.38. The molecule has 44 heavy (non-hydrogen) atoms. The Balaban J connectivity index is 1.53. The second kappa shape index (κ2) is 12.6. The molecule has 2 aliphatic heterocycles. The van der Waals surface area contributed by atoms with Crippen LogP contribution in [0.4, 0.5) is 0 Å². The highest BCUT2D eigenvalue weighted by Gasteiger charge is 2.54. The van der Waals surface area contributed by atoms with Gasteiger partial charge in [-0.2, -0.15) is 0 Å². The quantitative estimate of drug-likeness (QED) is 0.146. The van der Waals surface area contributed by atoms with Crippen molar-refractivity contribution in [2.45, 2.75) is 81.3 Å². The maximum atomic E-state index is 13.8. The van der Waals surface area contributed by atoms with Crippen LogP contribution in [0, 0.1) is 12.8 Å². The maximum absolute atomic E-state index is 13.8. The van der Waals surface area contributed by atoms with Gasteiger partial charge in [-0.1, -0.05) is 87.5 Å². The Morgan fingerprint density at radius 3 is 2.05 bits per heavy atom. The summed E-state index contributed by atoms with van der Waals surface area (Å²) >= 11 is 1.46. The molecular formula is C35H41NO6SSi. The predicted molar refractivity (Wildman–Crippen MR) is 174 cm³/mol. The molecular weight excluding hydrogens is 591 g/mol. The van der Waals surface area contributed by atoms with Crippen LogP contribution in [0.3, 0.4) is 0 Å². The molecule has 0 aliphatic carbocycles. The van der Waals surface area contributed by atoms with Crippen LogP contribution in [0.25, 0.3) is 0 Å². The number of hydrogen-bond donors (Lipinski definition) is 0. The summed E-state index contributed by atoms with van der Waals surface area (Å²) in [5.74, 6) is -1.44. The van der Waals surface area contributed by atoms with E-state index >= 15 is 0 Å². The number of amides is 2. The first-order valence-electron chi connectivity index (χ1n) is 15.0. The van der Waals surface area contributed by atoms with E-state index in [9.17, 15) is 14.4 Å². The fourth-order valence-electron chi connectivity index (χ4n) is 5.44. The SMILES string of the molecule is Cc1ccc(SC2OC(COC(=O)c3ccccc3)C(O[Si](C)(C)C(C)(C)C)[C@H](C)[C@@H]2N2C(=O)c3ccccc3C2=O)cc1. The lowest BCUT2D eigenvalue weighted by Crippen LogP contribution is -2.63. The van der Waals surface area contributed by atoms with Crippen LogP contribution < -0.4 is 0 Å². The molecule has 2 aliphatic rings. The van der Waals surface area contributed by atoms with Crippen molar-refractivity contribution in [3.8, 4) is 0 Å². The average Bonchev–Trinajstić information content (AvgIpc) is 3.24. The maximum Gasteiger partial charge on any atom is 0.338 e. The van der Waals surface area contributed by atoms with E-state index in [2.05, 4.69) is 33.9 Å². The first-order chi connectivity index (χ1) is 20.8. The summed E-state index contributed by atoms with van der Waals surface area (Å²) in [5, 5.41) is -0.115. The first kappa shape index (κ1) is 32.2. The van der Waals surface area contributed by atoms with Crippen LogP contribution in [-0.2, 0) is 13.9 Å². The number of hydrogen-bond acceptors (Lipinski definition) is 7. The Labute approximate surface area is 265 Å². The van der Waals surface area contributed by atoms with Gasteiger partial charge < -0.3 is 13.9 Å². The van der Waals surface area contributed by atoms with E-state index in [4.69, 9.17) is 13.9 Å². The molecule has 232 valence electrons. The summed E-state index contributed by atoms with van der Waals surface area (Å²) < 4.78 is 19.7. The van der Waals surface area contributed by atoms with E-state index < -0.39 is 38.0 Å². The van der Waals surface area contributed by atoms with Crippen molar-refractivity contribution in [3.05, 3.63) is 101 Å². The molecule has 0 saturated carbocycles. The molecule has 9 heteroatoms. The highest BCUT2D eigenvalue weighted by molar-refractivity contribution is 7.99. The molecule has 7 nitrogen and oxygen atoms in total. The van der Waals surface area contributed by atoms with E-state index in [0.717, 1.165) is 10.5 Å². The molecule has 0 N–H and O–H groups in total. The summed E-state index contributed by atoms with van der Waals surface area (Å²) in [6.45, 7) is 14.8. The number of benzene rings is 3. The highest BCUT2D eigenvalue weighted by atomic mass is 32.2. The van der Waals surface area contributed by atoms with Gasteiger partial charge in [-0.05, 0) is 61.5 Å². The zero-order valence-corrected chi connectivity index (χ0v) is 28.2. The van der Waals surface area contributed by atoms with Gasteiger partial charge >= 0.3 is 5.97 Å². The van der Waals surface area contributed by atoms with Crippen LogP contribution in [0.1, 0.15) is 64.3 Å². The summed E-state index contributed by atoms with van der Waals surface area (Å²) in [7, 11) is -2.38. The monoisotopic (exact) mass is 631 g/mol. The minimum absolute atomic E-state index is 0.0306. The Bertz CT molecular complexity index is 1490. The van der Waals surface area contributed by atoms with Gasteiger partial charge in [0.2, 0.25) is 0 Å². The molecule has 0 bridgehead atoms. The number of carbonyl (C=O) groups is 3. The smallest absolute Gasteiger partial charge is 0.338 e. The largest absolute Gasteiger partial charge is 0.459 e. The van der Waals surface area contributed by atoms with E-state index in [-0.39, 0.29) is 29.4 Å². The third-order valence-corrected chi connectivity index (χ3v) is 14.7. The third-order valence-electron chi connectivity index (χ3n) is 9.03. The Morgan fingerprint density at radius 1 is 0.909 bits per heavy atom. The summed E-state index contributed by atoms with van der Waals surface area (Å²) in [6.07, 6.45) is -1.16. The van der Waals surface area contributed by atoms with Crippen LogP contribution in [0.2, 0.25) is 18.1 Å². The Kier molecular flexibility index (Phi) is 9.23. The second-order valence-electron chi connectivity index (χ2n) is 13.2. The molecule has 1 saturated heterocycles. The van der Waals surface area contributed by atoms with Crippen LogP contribution in [0.15, 0.2) is 83.8 Å². The lowest BCUT2D eigenvalue weighted by Gasteiger charge is -2.51. The number of nitrogens with zero attached hydrogens (tertiary/aromatic N) is 1. The molecule has 5 rings (SSSR count). The number of thioether (sulfide) groups is 1. The molecule has 3 unspecified atom stereocenters. The van der Waals surface area contributed by atoms with Crippen molar-refractivity contribution in [2.24, 2.45) is 5.92 Å². The normalized spacial score (nSPS) is 23.9. The number of esters is 1. The Hall–Kier alpha value is -3.24. The molecule has 3 aromatic carbocycles. The van der Waals surface area contributed by atoms with Gasteiger partial charge in [0.15, 0.2) is 8.32 Å². The van der Waals surface area contributed by atoms with Crippen molar-refractivity contribution < 1.29 is 28.3 Å². The van der Waals surface area contributed by atoms with E-state index in [0.29, 0.717) is 16.7 Å². The van der Waals surface area contributed by atoms with Gasteiger partial charge in [0.25, 0.3) is 11.8 Å². The van der Waals surface area contributed by atoms with E-state index in [1.165, 1.54) is 16.7 Å². The number of aryl methyl sites for hydroxylation is 1. The van der Waals surface area contributed by atoms with Gasteiger partial charge in [0.05, 0.1) is 28.8 Å². The van der Waals surface area contributed by atoms with Crippen molar-refractivity contribution in [1.29, 1.82) is 0 Å². The third kappa shape index (κ3) is 6.42. The van der Waals surface area contributed by atoms with Crippen LogP contribution >= 0.6 is 11.8 Å². The zero-order valence-electron chi connectivity index (χ0n) is 26.4. The predicted octanol–water partition coefficient (Wildman–Crippen LogP) is 7.36. The van der Waals surface area contributed by atoms with E-state index in [1.54, 1.807) is 48.5 Å². The van der Waals surface area contributed by atoms with Crippen LogP contribution in [-0.4, -0.2) is 61.3 Å². The van der Waals surface area contributed by atoms with Gasteiger partial charge in [-0.25, -0.2) is 4.79 Å².